The zero-order valence-electron chi connectivity index (χ0n) is 11.0. The molecular formula is C13H12ClNO4S2. The minimum absolute atomic E-state index is 0.0508. The Hall–Kier alpha value is -1.57. The predicted octanol–water partition coefficient (Wildman–Crippen LogP) is 3.46. The van der Waals surface area contributed by atoms with E-state index in [0.717, 1.165) is 11.3 Å². The molecule has 0 aliphatic rings. The fourth-order valence-electron chi connectivity index (χ4n) is 1.65. The van der Waals surface area contributed by atoms with E-state index in [4.69, 9.17) is 16.7 Å². The highest BCUT2D eigenvalue weighted by Gasteiger charge is 2.18. The zero-order valence-corrected chi connectivity index (χ0v) is 13.3. The van der Waals surface area contributed by atoms with Crippen molar-refractivity contribution in [2.75, 3.05) is 4.72 Å². The van der Waals surface area contributed by atoms with Crippen LogP contribution in [0.2, 0.25) is 5.02 Å². The lowest BCUT2D eigenvalue weighted by molar-refractivity contribution is 0.0697. The van der Waals surface area contributed by atoms with Crippen molar-refractivity contribution in [1.29, 1.82) is 0 Å². The fraction of sp³-hybridized carbons (Fsp3) is 0.154. The number of hydrogen-bond donors (Lipinski definition) is 2. The summed E-state index contributed by atoms with van der Waals surface area (Å²) in [5.74, 6) is -1.22. The van der Waals surface area contributed by atoms with Crippen LogP contribution in [0, 0.1) is 0 Å². The van der Waals surface area contributed by atoms with Gasteiger partial charge in [-0.3, -0.25) is 4.72 Å². The van der Waals surface area contributed by atoms with Crippen LogP contribution >= 0.6 is 22.9 Å². The summed E-state index contributed by atoms with van der Waals surface area (Å²) in [6, 6.07) is 7.23. The number of thiophene rings is 1. The molecule has 21 heavy (non-hydrogen) atoms. The van der Waals surface area contributed by atoms with Crippen molar-refractivity contribution in [2.45, 2.75) is 17.6 Å². The molecule has 0 bridgehead atoms. The quantitative estimate of drug-likeness (QED) is 0.869. The van der Waals surface area contributed by atoms with Crippen LogP contribution in [0.15, 0.2) is 34.5 Å². The summed E-state index contributed by atoms with van der Waals surface area (Å²) in [6.45, 7) is 1.94. The van der Waals surface area contributed by atoms with Crippen molar-refractivity contribution in [3.05, 3.63) is 45.8 Å². The number of anilines is 1. The van der Waals surface area contributed by atoms with Gasteiger partial charge < -0.3 is 5.11 Å². The molecule has 0 saturated carbocycles. The zero-order chi connectivity index (χ0) is 15.6. The summed E-state index contributed by atoms with van der Waals surface area (Å²) in [5.41, 5.74) is 0.000502. The maximum Gasteiger partial charge on any atom is 0.337 e. The molecule has 0 fully saturated rings. The van der Waals surface area contributed by atoms with Crippen LogP contribution in [-0.4, -0.2) is 19.5 Å². The van der Waals surface area contributed by atoms with Gasteiger partial charge in [0.15, 0.2) is 0 Å². The Morgan fingerprint density at radius 2 is 2.05 bits per heavy atom. The van der Waals surface area contributed by atoms with Crippen molar-refractivity contribution in [1.82, 2.24) is 0 Å². The maximum atomic E-state index is 12.2. The third kappa shape index (κ3) is 3.55. The van der Waals surface area contributed by atoms with Crippen molar-refractivity contribution >= 4 is 44.6 Å². The van der Waals surface area contributed by atoms with Crippen LogP contribution in [0.1, 0.15) is 22.2 Å². The molecule has 1 aromatic carbocycles. The largest absolute Gasteiger partial charge is 0.478 e. The van der Waals surface area contributed by atoms with Crippen LogP contribution < -0.4 is 4.72 Å². The van der Waals surface area contributed by atoms with Crippen molar-refractivity contribution in [2.24, 2.45) is 0 Å². The van der Waals surface area contributed by atoms with E-state index >= 15 is 0 Å². The number of nitrogens with one attached hydrogen (secondary N) is 1. The van der Waals surface area contributed by atoms with Gasteiger partial charge in [-0.2, -0.15) is 0 Å². The van der Waals surface area contributed by atoms with Crippen LogP contribution in [0.3, 0.4) is 0 Å². The lowest BCUT2D eigenvalue weighted by atomic mass is 10.2. The Morgan fingerprint density at radius 1 is 1.33 bits per heavy atom. The van der Waals surface area contributed by atoms with Crippen molar-refractivity contribution in [3.63, 3.8) is 0 Å². The van der Waals surface area contributed by atoms with Crippen LogP contribution in [0.4, 0.5) is 5.69 Å². The number of rotatable bonds is 5. The molecule has 0 spiro atoms. The van der Waals surface area contributed by atoms with E-state index in [0.29, 0.717) is 0 Å². The highest BCUT2D eigenvalue weighted by atomic mass is 35.5. The summed E-state index contributed by atoms with van der Waals surface area (Å²) in [6.07, 6.45) is 0.754. The molecule has 0 atom stereocenters. The van der Waals surface area contributed by atoms with Gasteiger partial charge in [0.05, 0.1) is 10.6 Å². The van der Waals surface area contributed by atoms with Gasteiger partial charge in [-0.1, -0.05) is 18.5 Å². The van der Waals surface area contributed by atoms with Crippen LogP contribution in [0.5, 0.6) is 0 Å². The molecule has 0 aliphatic carbocycles. The normalized spacial score (nSPS) is 11.3. The topological polar surface area (TPSA) is 83.5 Å². The first-order valence-corrected chi connectivity index (χ1v) is 8.65. The number of aromatic carboxylic acids is 1. The first kappa shape index (κ1) is 15.8. The summed E-state index contributed by atoms with van der Waals surface area (Å²) in [7, 11) is -3.73. The molecule has 8 heteroatoms. The summed E-state index contributed by atoms with van der Waals surface area (Å²) >= 11 is 6.93. The summed E-state index contributed by atoms with van der Waals surface area (Å²) < 4.78 is 27.0. The second-order valence-corrected chi connectivity index (χ2v) is 7.66. The second-order valence-electron chi connectivity index (χ2n) is 4.18. The van der Waals surface area contributed by atoms with Gasteiger partial charge in [0.1, 0.15) is 4.21 Å². The molecule has 0 amide bonds. The smallest absolute Gasteiger partial charge is 0.337 e. The summed E-state index contributed by atoms with van der Waals surface area (Å²) in [5, 5.41) is 9.03. The molecule has 2 rings (SSSR count). The Balaban J connectivity index is 2.32. The standard InChI is InChI=1S/C13H12ClNO4S2/c1-2-9-4-6-12(20-9)21(18,19)15-8-3-5-11(14)10(7-8)13(16)17/h3-7,15H,2H2,1H3,(H,16,17). The van der Waals surface area contributed by atoms with E-state index < -0.39 is 16.0 Å². The third-order valence-electron chi connectivity index (χ3n) is 2.70. The van der Waals surface area contributed by atoms with Gasteiger partial charge in [0.25, 0.3) is 10.0 Å². The highest BCUT2D eigenvalue weighted by Crippen LogP contribution is 2.26. The Morgan fingerprint density at radius 3 is 2.62 bits per heavy atom. The molecule has 1 heterocycles. The second kappa shape index (κ2) is 6.05. The van der Waals surface area contributed by atoms with Gasteiger partial charge in [-0.25, -0.2) is 13.2 Å². The number of benzene rings is 1. The van der Waals surface area contributed by atoms with E-state index in [1.165, 1.54) is 35.6 Å². The molecule has 0 aliphatic heterocycles. The molecule has 5 nitrogen and oxygen atoms in total. The Kier molecular flexibility index (Phi) is 4.55. The number of carboxylic acid groups (broad SMARTS) is 1. The van der Waals surface area contributed by atoms with Gasteiger partial charge >= 0.3 is 5.97 Å². The predicted molar refractivity (Wildman–Crippen MR) is 82.9 cm³/mol. The minimum Gasteiger partial charge on any atom is -0.478 e. The molecule has 2 aromatic rings. The average molecular weight is 346 g/mol. The third-order valence-corrected chi connectivity index (χ3v) is 6.13. The van der Waals surface area contributed by atoms with Crippen LogP contribution in [0.25, 0.3) is 0 Å². The van der Waals surface area contributed by atoms with Gasteiger partial charge in [0.2, 0.25) is 0 Å². The average Bonchev–Trinajstić information content (AvgIpc) is 2.90. The van der Waals surface area contributed by atoms with E-state index in [-0.39, 0.29) is 20.5 Å². The highest BCUT2D eigenvalue weighted by molar-refractivity contribution is 7.94. The number of halogens is 1. The number of carbonyl (C=O) groups is 1. The van der Waals surface area contributed by atoms with Gasteiger partial charge in [0, 0.05) is 10.6 Å². The number of hydrogen-bond acceptors (Lipinski definition) is 4. The van der Waals surface area contributed by atoms with Gasteiger partial charge in [-0.15, -0.1) is 11.3 Å². The molecule has 0 saturated heterocycles. The molecule has 112 valence electrons. The number of sulfonamides is 1. The first-order chi connectivity index (χ1) is 9.83. The SMILES string of the molecule is CCc1ccc(S(=O)(=O)Nc2ccc(Cl)c(C(=O)O)c2)s1. The van der Waals surface area contributed by atoms with E-state index in [1.54, 1.807) is 6.07 Å². The van der Waals surface area contributed by atoms with Crippen molar-refractivity contribution in [3.8, 4) is 0 Å². The van der Waals surface area contributed by atoms with E-state index in [2.05, 4.69) is 4.72 Å². The van der Waals surface area contributed by atoms with Gasteiger partial charge in [-0.05, 0) is 36.8 Å². The molecule has 2 N–H and O–H groups in total. The lowest BCUT2D eigenvalue weighted by Crippen LogP contribution is -2.12. The van der Waals surface area contributed by atoms with Crippen molar-refractivity contribution < 1.29 is 18.3 Å². The lowest BCUT2D eigenvalue weighted by Gasteiger charge is -2.08. The van der Waals surface area contributed by atoms with E-state index in [9.17, 15) is 13.2 Å². The molecule has 0 unspecified atom stereocenters. The number of aryl methyl sites for hydroxylation is 1. The molecule has 1 aromatic heterocycles. The van der Waals surface area contributed by atoms with E-state index in [1.807, 2.05) is 6.92 Å². The fourth-order valence-corrected chi connectivity index (χ4v) is 4.19. The maximum absolute atomic E-state index is 12.2. The first-order valence-electron chi connectivity index (χ1n) is 5.98. The summed E-state index contributed by atoms with van der Waals surface area (Å²) in [4.78, 5) is 11.9. The molecule has 0 radical (unpaired) electrons. The monoisotopic (exact) mass is 345 g/mol. The Bertz CT molecular complexity index is 783. The minimum atomic E-state index is -3.73. The number of carboxylic acids is 1. The van der Waals surface area contributed by atoms with Crippen LogP contribution in [-0.2, 0) is 16.4 Å². The Labute approximate surface area is 131 Å². The molecular weight excluding hydrogens is 334 g/mol.